The second kappa shape index (κ2) is 6.47. The molecule has 19 heavy (non-hydrogen) atoms. The molecule has 0 spiro atoms. The smallest absolute Gasteiger partial charge is 0.243 e. The molecule has 1 saturated heterocycles. The van der Waals surface area contributed by atoms with Crippen LogP contribution < -0.4 is 0 Å². The molecular weight excluding hydrogens is 266 g/mol. The summed E-state index contributed by atoms with van der Waals surface area (Å²) in [6.07, 6.45) is 0. The van der Waals surface area contributed by atoms with Gasteiger partial charge in [0.2, 0.25) is 10.0 Å². The molecule has 0 N–H and O–H groups in total. The highest BCUT2D eigenvalue weighted by molar-refractivity contribution is 7.89. The number of rotatable bonds is 5. The van der Waals surface area contributed by atoms with Crippen molar-refractivity contribution < 1.29 is 17.9 Å². The quantitative estimate of drug-likeness (QED) is 0.817. The Kier molecular flexibility index (Phi) is 4.93. The first-order valence-corrected chi connectivity index (χ1v) is 7.83. The van der Waals surface area contributed by atoms with Gasteiger partial charge in [0, 0.05) is 19.7 Å². The summed E-state index contributed by atoms with van der Waals surface area (Å²) in [6.45, 7) is 4.70. The molecule has 6 heteroatoms. The molecule has 1 aliphatic rings. The maximum Gasteiger partial charge on any atom is 0.243 e. The molecular formula is C13H19NO4S. The zero-order valence-corrected chi connectivity index (χ0v) is 11.9. The van der Waals surface area contributed by atoms with Crippen LogP contribution in [-0.4, -0.2) is 45.6 Å². The number of benzene rings is 1. The van der Waals surface area contributed by atoms with Crippen molar-refractivity contribution in [2.75, 3.05) is 32.9 Å². The Morgan fingerprint density at radius 1 is 1.32 bits per heavy atom. The first-order valence-electron chi connectivity index (χ1n) is 6.39. The molecule has 0 aliphatic carbocycles. The van der Waals surface area contributed by atoms with Gasteiger partial charge in [-0.3, -0.25) is 0 Å². The predicted molar refractivity (Wildman–Crippen MR) is 71.3 cm³/mol. The summed E-state index contributed by atoms with van der Waals surface area (Å²) in [7, 11) is -3.41. The Labute approximate surface area is 114 Å². The Balaban J connectivity index is 2.19. The van der Waals surface area contributed by atoms with Crippen molar-refractivity contribution in [3.05, 3.63) is 29.8 Å². The molecule has 0 aromatic heterocycles. The summed E-state index contributed by atoms with van der Waals surface area (Å²) in [5.41, 5.74) is 0.871. The monoisotopic (exact) mass is 285 g/mol. The van der Waals surface area contributed by atoms with Gasteiger partial charge in [0.15, 0.2) is 0 Å². The van der Waals surface area contributed by atoms with E-state index in [0.717, 1.165) is 5.56 Å². The van der Waals surface area contributed by atoms with Gasteiger partial charge in [-0.25, -0.2) is 8.42 Å². The third-order valence-electron chi connectivity index (χ3n) is 2.98. The molecule has 1 heterocycles. The second-order valence-corrected chi connectivity index (χ2v) is 6.24. The van der Waals surface area contributed by atoms with Crippen molar-refractivity contribution >= 4 is 10.0 Å². The molecule has 106 valence electrons. The minimum Gasteiger partial charge on any atom is -0.379 e. The number of nitrogens with zero attached hydrogens (tertiary/aromatic N) is 1. The van der Waals surface area contributed by atoms with Gasteiger partial charge in [0.05, 0.1) is 24.7 Å². The van der Waals surface area contributed by atoms with Gasteiger partial charge in [0.25, 0.3) is 0 Å². The fourth-order valence-corrected chi connectivity index (χ4v) is 3.43. The largest absolute Gasteiger partial charge is 0.379 e. The van der Waals surface area contributed by atoms with Crippen LogP contribution in [0.25, 0.3) is 0 Å². The van der Waals surface area contributed by atoms with Crippen LogP contribution in [0.2, 0.25) is 0 Å². The van der Waals surface area contributed by atoms with E-state index >= 15 is 0 Å². The minimum atomic E-state index is -3.41. The van der Waals surface area contributed by atoms with Crippen LogP contribution in [0.4, 0.5) is 0 Å². The molecule has 1 aliphatic heterocycles. The number of ether oxygens (including phenoxy) is 2. The van der Waals surface area contributed by atoms with E-state index in [2.05, 4.69) is 0 Å². The van der Waals surface area contributed by atoms with E-state index in [1.54, 1.807) is 18.2 Å². The average Bonchev–Trinajstić information content (AvgIpc) is 2.46. The van der Waals surface area contributed by atoms with Crippen molar-refractivity contribution in [1.82, 2.24) is 4.31 Å². The Bertz CT molecular complexity index is 509. The molecule has 2 rings (SSSR count). The number of hydrogen-bond acceptors (Lipinski definition) is 4. The predicted octanol–water partition coefficient (Wildman–Crippen LogP) is 1.24. The Morgan fingerprint density at radius 3 is 2.74 bits per heavy atom. The molecule has 0 saturated carbocycles. The van der Waals surface area contributed by atoms with Gasteiger partial charge in [0.1, 0.15) is 0 Å². The summed E-state index contributed by atoms with van der Waals surface area (Å²) >= 11 is 0. The SMILES string of the molecule is CCOCc1cccc(S(=O)(=O)N2CCOCC2)c1. The van der Waals surface area contributed by atoms with Gasteiger partial charge >= 0.3 is 0 Å². The normalized spacial score (nSPS) is 17.5. The van der Waals surface area contributed by atoms with Crippen molar-refractivity contribution in [1.29, 1.82) is 0 Å². The van der Waals surface area contributed by atoms with E-state index in [-0.39, 0.29) is 0 Å². The molecule has 1 aromatic carbocycles. The second-order valence-electron chi connectivity index (χ2n) is 4.30. The third-order valence-corrected chi connectivity index (χ3v) is 4.87. The van der Waals surface area contributed by atoms with Crippen molar-refractivity contribution in [3.63, 3.8) is 0 Å². The van der Waals surface area contributed by atoms with Crippen LogP contribution in [0, 0.1) is 0 Å². The van der Waals surface area contributed by atoms with Crippen LogP contribution in [0.5, 0.6) is 0 Å². The fraction of sp³-hybridized carbons (Fsp3) is 0.538. The summed E-state index contributed by atoms with van der Waals surface area (Å²) in [5.74, 6) is 0. The molecule has 1 aromatic rings. The zero-order valence-electron chi connectivity index (χ0n) is 11.0. The molecule has 0 radical (unpaired) electrons. The van der Waals surface area contributed by atoms with E-state index in [1.165, 1.54) is 4.31 Å². The molecule has 1 fully saturated rings. The number of hydrogen-bond donors (Lipinski definition) is 0. The topological polar surface area (TPSA) is 55.8 Å². The number of sulfonamides is 1. The lowest BCUT2D eigenvalue weighted by atomic mass is 10.2. The maximum absolute atomic E-state index is 12.4. The molecule has 0 bridgehead atoms. The summed E-state index contributed by atoms with van der Waals surface area (Å²) in [4.78, 5) is 0.326. The Morgan fingerprint density at radius 2 is 2.05 bits per heavy atom. The molecule has 0 unspecified atom stereocenters. The van der Waals surface area contributed by atoms with Crippen LogP contribution in [0.15, 0.2) is 29.2 Å². The van der Waals surface area contributed by atoms with Crippen LogP contribution >= 0.6 is 0 Å². The van der Waals surface area contributed by atoms with Gasteiger partial charge in [-0.1, -0.05) is 12.1 Å². The lowest BCUT2D eigenvalue weighted by Crippen LogP contribution is -2.40. The highest BCUT2D eigenvalue weighted by Crippen LogP contribution is 2.18. The third kappa shape index (κ3) is 3.54. The van der Waals surface area contributed by atoms with Crippen molar-refractivity contribution in [2.24, 2.45) is 0 Å². The maximum atomic E-state index is 12.4. The fourth-order valence-electron chi connectivity index (χ4n) is 1.95. The van der Waals surface area contributed by atoms with E-state index in [1.807, 2.05) is 13.0 Å². The van der Waals surface area contributed by atoms with Crippen LogP contribution in [-0.2, 0) is 26.1 Å². The van der Waals surface area contributed by atoms with E-state index in [9.17, 15) is 8.42 Å². The highest BCUT2D eigenvalue weighted by Gasteiger charge is 2.26. The van der Waals surface area contributed by atoms with E-state index in [0.29, 0.717) is 44.4 Å². The molecule has 0 atom stereocenters. The molecule has 0 amide bonds. The van der Waals surface area contributed by atoms with E-state index < -0.39 is 10.0 Å². The highest BCUT2D eigenvalue weighted by atomic mass is 32.2. The van der Waals surface area contributed by atoms with Crippen molar-refractivity contribution in [3.8, 4) is 0 Å². The minimum absolute atomic E-state index is 0.326. The molecule has 5 nitrogen and oxygen atoms in total. The van der Waals surface area contributed by atoms with Gasteiger partial charge < -0.3 is 9.47 Å². The van der Waals surface area contributed by atoms with E-state index in [4.69, 9.17) is 9.47 Å². The van der Waals surface area contributed by atoms with Gasteiger partial charge in [-0.2, -0.15) is 4.31 Å². The van der Waals surface area contributed by atoms with Gasteiger partial charge in [-0.05, 0) is 24.6 Å². The van der Waals surface area contributed by atoms with Crippen LogP contribution in [0.3, 0.4) is 0 Å². The van der Waals surface area contributed by atoms with Gasteiger partial charge in [-0.15, -0.1) is 0 Å². The lowest BCUT2D eigenvalue weighted by molar-refractivity contribution is 0.0730. The zero-order chi connectivity index (χ0) is 13.7. The van der Waals surface area contributed by atoms with Crippen LogP contribution in [0.1, 0.15) is 12.5 Å². The first kappa shape index (κ1) is 14.5. The first-order chi connectivity index (χ1) is 9.14. The Hall–Kier alpha value is -0.950. The summed E-state index contributed by atoms with van der Waals surface area (Å²) < 4.78 is 36.8. The standard InChI is InChI=1S/C13H19NO4S/c1-2-17-11-12-4-3-5-13(10-12)19(15,16)14-6-8-18-9-7-14/h3-5,10H,2,6-9,11H2,1H3. The lowest BCUT2D eigenvalue weighted by Gasteiger charge is -2.26. The summed E-state index contributed by atoms with van der Waals surface area (Å²) in [5, 5.41) is 0. The summed E-state index contributed by atoms with van der Waals surface area (Å²) in [6, 6.07) is 6.93. The number of morpholine rings is 1. The average molecular weight is 285 g/mol. The van der Waals surface area contributed by atoms with Crippen molar-refractivity contribution in [2.45, 2.75) is 18.4 Å².